The summed E-state index contributed by atoms with van der Waals surface area (Å²) in [5.41, 5.74) is 4.50. The molecule has 1 aromatic carbocycles. The molecule has 0 N–H and O–H groups in total. The molecule has 5 rings (SSSR count). The van der Waals surface area contributed by atoms with Crippen molar-refractivity contribution < 1.29 is 0 Å². The van der Waals surface area contributed by atoms with Gasteiger partial charge in [-0.1, -0.05) is 24.8 Å². The molecule has 3 aromatic heterocycles. The molecule has 0 bridgehead atoms. The van der Waals surface area contributed by atoms with Gasteiger partial charge in [-0.15, -0.1) is 4.98 Å². The van der Waals surface area contributed by atoms with E-state index in [1.54, 1.807) is 12.3 Å². The van der Waals surface area contributed by atoms with Crippen LogP contribution in [0.25, 0.3) is 38.1 Å². The number of fused-ring (bicyclic) bond motifs is 1. The van der Waals surface area contributed by atoms with Crippen molar-refractivity contribution in [2.75, 3.05) is 0 Å². The van der Waals surface area contributed by atoms with Crippen LogP contribution in [-0.2, 0) is 6.54 Å². The number of nitrogens with zero attached hydrogens (tertiary/aromatic N) is 6. The molecular formula is C24H18N6. The SMILES string of the molecule is [C-]#[N+]c1ccc(-c2cnn(CC3(CC#N)CC3)c2)c(-c2ccc3cccnc3c2)n1. The summed E-state index contributed by atoms with van der Waals surface area (Å²) in [6.45, 7) is 8.12. The summed E-state index contributed by atoms with van der Waals surface area (Å²) < 4.78 is 1.92. The fourth-order valence-corrected chi connectivity index (χ4v) is 3.85. The Morgan fingerprint density at radius 3 is 2.87 bits per heavy atom. The van der Waals surface area contributed by atoms with Crippen molar-refractivity contribution >= 4 is 16.7 Å². The summed E-state index contributed by atoms with van der Waals surface area (Å²) in [5, 5.41) is 14.7. The van der Waals surface area contributed by atoms with E-state index in [9.17, 15) is 0 Å². The van der Waals surface area contributed by atoms with E-state index in [-0.39, 0.29) is 5.41 Å². The molecule has 1 aliphatic carbocycles. The van der Waals surface area contributed by atoms with Gasteiger partial charge in [0.15, 0.2) is 5.69 Å². The number of benzene rings is 1. The highest BCUT2D eigenvalue weighted by atomic mass is 15.3. The van der Waals surface area contributed by atoms with E-state index in [0.29, 0.717) is 12.2 Å². The number of aromatic nitrogens is 4. The second-order valence-electron chi connectivity index (χ2n) is 7.85. The topological polar surface area (TPSA) is 71.8 Å². The molecule has 1 saturated carbocycles. The van der Waals surface area contributed by atoms with Crippen molar-refractivity contribution in [1.82, 2.24) is 19.7 Å². The standard InChI is InChI=1S/C24H18N6/c1-26-22-7-6-20(19-14-28-30(15-19)16-24(8-9-24)10-11-25)23(29-22)18-5-4-17-3-2-12-27-21(17)13-18/h2-7,12-15H,8-10,16H2. The molecule has 0 unspecified atom stereocenters. The number of rotatable bonds is 5. The van der Waals surface area contributed by atoms with Gasteiger partial charge in [0.2, 0.25) is 0 Å². The Labute approximate surface area is 174 Å². The normalized spacial score (nSPS) is 14.2. The Balaban J connectivity index is 1.56. The molecule has 6 heteroatoms. The molecule has 144 valence electrons. The molecule has 1 aliphatic rings. The summed E-state index contributed by atoms with van der Waals surface area (Å²) in [7, 11) is 0. The van der Waals surface area contributed by atoms with Gasteiger partial charge in [-0.25, -0.2) is 0 Å². The van der Waals surface area contributed by atoms with Gasteiger partial charge in [0.05, 0.1) is 17.8 Å². The van der Waals surface area contributed by atoms with Crippen molar-refractivity contribution in [2.24, 2.45) is 5.41 Å². The van der Waals surface area contributed by atoms with Crippen LogP contribution in [-0.4, -0.2) is 19.7 Å². The monoisotopic (exact) mass is 390 g/mol. The largest absolute Gasteiger partial charge is 0.361 e. The summed E-state index contributed by atoms with van der Waals surface area (Å²) in [4.78, 5) is 12.6. The minimum absolute atomic E-state index is 0.0804. The number of pyridine rings is 2. The molecule has 4 aromatic rings. The van der Waals surface area contributed by atoms with Crippen LogP contribution in [0.2, 0.25) is 0 Å². The third kappa shape index (κ3) is 3.29. The Kier molecular flexibility index (Phi) is 4.26. The lowest BCUT2D eigenvalue weighted by Gasteiger charge is -2.10. The Morgan fingerprint density at radius 1 is 1.17 bits per heavy atom. The van der Waals surface area contributed by atoms with Gasteiger partial charge in [-0.05, 0) is 37.1 Å². The molecule has 0 atom stereocenters. The predicted molar refractivity (Wildman–Crippen MR) is 114 cm³/mol. The average molecular weight is 390 g/mol. The first-order valence-corrected chi connectivity index (χ1v) is 9.83. The minimum Gasteiger partial charge on any atom is -0.361 e. The summed E-state index contributed by atoms with van der Waals surface area (Å²) in [6.07, 6.45) is 8.33. The lowest BCUT2D eigenvalue weighted by atomic mass is 10.0. The van der Waals surface area contributed by atoms with Crippen molar-refractivity contribution in [3.8, 4) is 28.5 Å². The van der Waals surface area contributed by atoms with Crippen molar-refractivity contribution in [3.63, 3.8) is 0 Å². The molecule has 0 amide bonds. The quantitative estimate of drug-likeness (QED) is 0.428. The molecule has 6 nitrogen and oxygen atoms in total. The number of hydrogen-bond acceptors (Lipinski definition) is 4. The van der Waals surface area contributed by atoms with Crippen LogP contribution in [0, 0.1) is 23.3 Å². The van der Waals surface area contributed by atoms with E-state index >= 15 is 0 Å². The minimum atomic E-state index is 0.0804. The van der Waals surface area contributed by atoms with Gasteiger partial charge in [-0.3, -0.25) is 9.67 Å². The van der Waals surface area contributed by atoms with Crippen LogP contribution in [0.4, 0.5) is 5.82 Å². The zero-order chi connectivity index (χ0) is 20.6. The van der Waals surface area contributed by atoms with Crippen LogP contribution >= 0.6 is 0 Å². The highest BCUT2D eigenvalue weighted by Gasteiger charge is 2.43. The zero-order valence-corrected chi connectivity index (χ0v) is 16.3. The van der Waals surface area contributed by atoms with Gasteiger partial charge in [-0.2, -0.15) is 10.4 Å². The second-order valence-corrected chi connectivity index (χ2v) is 7.85. The third-order valence-electron chi connectivity index (χ3n) is 5.73. The Bertz CT molecular complexity index is 1330. The fraction of sp³-hybridized carbons (Fsp3) is 0.208. The third-order valence-corrected chi connectivity index (χ3v) is 5.73. The van der Waals surface area contributed by atoms with Gasteiger partial charge in [0, 0.05) is 52.9 Å². The van der Waals surface area contributed by atoms with E-state index < -0.39 is 0 Å². The molecule has 30 heavy (non-hydrogen) atoms. The van der Waals surface area contributed by atoms with Crippen molar-refractivity contribution in [3.05, 3.63) is 72.5 Å². The van der Waals surface area contributed by atoms with Crippen LogP contribution in [0.15, 0.2) is 61.1 Å². The average Bonchev–Trinajstić information content (AvgIpc) is 3.38. The molecule has 0 saturated heterocycles. The van der Waals surface area contributed by atoms with Gasteiger partial charge in [0.25, 0.3) is 5.82 Å². The van der Waals surface area contributed by atoms with E-state index in [4.69, 9.17) is 11.8 Å². The van der Waals surface area contributed by atoms with E-state index in [1.807, 2.05) is 53.5 Å². The maximum absolute atomic E-state index is 9.07. The lowest BCUT2D eigenvalue weighted by molar-refractivity contribution is 0.405. The highest BCUT2D eigenvalue weighted by Crippen LogP contribution is 2.50. The summed E-state index contributed by atoms with van der Waals surface area (Å²) in [6, 6.07) is 16.0. The smallest absolute Gasteiger partial charge is 0.270 e. The Hall–Kier alpha value is -4.03. The van der Waals surface area contributed by atoms with Crippen LogP contribution in [0.5, 0.6) is 0 Å². The maximum atomic E-state index is 9.07. The number of nitriles is 1. The molecular weight excluding hydrogens is 372 g/mol. The Morgan fingerprint density at radius 2 is 2.07 bits per heavy atom. The molecule has 0 radical (unpaired) electrons. The predicted octanol–water partition coefficient (Wildman–Crippen LogP) is 5.40. The van der Waals surface area contributed by atoms with Crippen molar-refractivity contribution in [2.45, 2.75) is 25.8 Å². The highest BCUT2D eigenvalue weighted by molar-refractivity contribution is 5.88. The fourth-order valence-electron chi connectivity index (χ4n) is 3.85. The molecule has 1 fully saturated rings. The van der Waals surface area contributed by atoms with E-state index in [2.05, 4.69) is 26.0 Å². The van der Waals surface area contributed by atoms with E-state index in [1.165, 1.54) is 0 Å². The first-order chi connectivity index (χ1) is 14.7. The second kappa shape index (κ2) is 7.09. The molecule has 3 heterocycles. The zero-order valence-electron chi connectivity index (χ0n) is 16.3. The van der Waals surface area contributed by atoms with E-state index in [0.717, 1.165) is 52.7 Å². The summed E-state index contributed by atoms with van der Waals surface area (Å²) in [5.74, 6) is 0.355. The molecule has 0 aliphatic heterocycles. The first-order valence-electron chi connectivity index (χ1n) is 9.83. The van der Waals surface area contributed by atoms with Crippen LogP contribution in [0.3, 0.4) is 0 Å². The van der Waals surface area contributed by atoms with Crippen LogP contribution < -0.4 is 0 Å². The van der Waals surface area contributed by atoms with Gasteiger partial charge in [0.1, 0.15) is 0 Å². The van der Waals surface area contributed by atoms with Crippen molar-refractivity contribution in [1.29, 1.82) is 5.26 Å². The van der Waals surface area contributed by atoms with Gasteiger partial charge < -0.3 is 4.85 Å². The number of hydrogen-bond donors (Lipinski definition) is 0. The maximum Gasteiger partial charge on any atom is 0.270 e. The summed E-state index contributed by atoms with van der Waals surface area (Å²) >= 11 is 0. The lowest BCUT2D eigenvalue weighted by Crippen LogP contribution is -2.11. The molecule has 0 spiro atoms. The first kappa shape index (κ1) is 18.0. The van der Waals surface area contributed by atoms with Crippen LogP contribution in [0.1, 0.15) is 19.3 Å². The van der Waals surface area contributed by atoms with Gasteiger partial charge >= 0.3 is 0 Å².